The number of halogens is 1. The molecular formula is C18H22BrNO3S. The van der Waals surface area contributed by atoms with Crippen LogP contribution in [0.3, 0.4) is 0 Å². The Balaban J connectivity index is 2.48. The van der Waals surface area contributed by atoms with Gasteiger partial charge in [-0.3, -0.25) is 4.72 Å². The third-order valence-electron chi connectivity index (χ3n) is 3.59. The fourth-order valence-electron chi connectivity index (χ4n) is 2.27. The SMILES string of the molecule is CCOc1ccc(C(C)C)cc1S(=O)(=O)Nc1ccc(C)cc1Br. The summed E-state index contributed by atoms with van der Waals surface area (Å²) in [5.41, 5.74) is 2.49. The molecule has 0 saturated carbocycles. The van der Waals surface area contributed by atoms with E-state index in [1.165, 1.54) is 0 Å². The molecule has 24 heavy (non-hydrogen) atoms. The Labute approximate surface area is 152 Å². The summed E-state index contributed by atoms with van der Waals surface area (Å²) in [5.74, 6) is 0.582. The Kier molecular flexibility index (Phi) is 5.93. The van der Waals surface area contributed by atoms with Gasteiger partial charge in [-0.2, -0.15) is 0 Å². The minimum atomic E-state index is -3.76. The lowest BCUT2D eigenvalue weighted by molar-refractivity contribution is 0.331. The summed E-state index contributed by atoms with van der Waals surface area (Å²) in [6.45, 7) is 8.23. The van der Waals surface area contributed by atoms with Crippen LogP contribution < -0.4 is 9.46 Å². The molecule has 0 spiro atoms. The van der Waals surface area contributed by atoms with Crippen LogP contribution in [-0.2, 0) is 10.0 Å². The predicted molar refractivity (Wildman–Crippen MR) is 101 cm³/mol. The fourth-order valence-corrected chi connectivity index (χ4v) is 4.26. The topological polar surface area (TPSA) is 55.4 Å². The second kappa shape index (κ2) is 7.57. The van der Waals surface area contributed by atoms with E-state index < -0.39 is 10.0 Å². The lowest BCUT2D eigenvalue weighted by Crippen LogP contribution is -2.15. The number of nitrogens with one attached hydrogen (secondary N) is 1. The van der Waals surface area contributed by atoms with Crippen molar-refractivity contribution in [3.8, 4) is 5.75 Å². The summed E-state index contributed by atoms with van der Waals surface area (Å²) in [5, 5.41) is 0. The lowest BCUT2D eigenvalue weighted by atomic mass is 10.0. The number of hydrogen-bond donors (Lipinski definition) is 1. The van der Waals surface area contributed by atoms with E-state index in [0.29, 0.717) is 22.5 Å². The highest BCUT2D eigenvalue weighted by atomic mass is 79.9. The van der Waals surface area contributed by atoms with Gasteiger partial charge in [-0.05, 0) is 71.1 Å². The van der Waals surface area contributed by atoms with Crippen LogP contribution in [-0.4, -0.2) is 15.0 Å². The molecule has 0 atom stereocenters. The normalized spacial score (nSPS) is 11.6. The molecule has 0 radical (unpaired) electrons. The van der Waals surface area contributed by atoms with E-state index >= 15 is 0 Å². The van der Waals surface area contributed by atoms with Gasteiger partial charge in [0.25, 0.3) is 10.0 Å². The molecule has 0 unspecified atom stereocenters. The molecule has 0 aromatic heterocycles. The number of rotatable bonds is 6. The first kappa shape index (κ1) is 18.8. The van der Waals surface area contributed by atoms with Crippen molar-refractivity contribution in [1.29, 1.82) is 0 Å². The highest BCUT2D eigenvalue weighted by Crippen LogP contribution is 2.32. The predicted octanol–water partition coefficient (Wildman–Crippen LogP) is 5.08. The van der Waals surface area contributed by atoms with Crippen LogP contribution in [0.5, 0.6) is 5.75 Å². The zero-order valence-electron chi connectivity index (χ0n) is 14.3. The van der Waals surface area contributed by atoms with Gasteiger partial charge in [0.05, 0.1) is 12.3 Å². The quantitative estimate of drug-likeness (QED) is 0.720. The molecule has 0 aliphatic heterocycles. The van der Waals surface area contributed by atoms with Crippen LogP contribution in [0.1, 0.15) is 37.8 Å². The van der Waals surface area contributed by atoms with Crippen LogP contribution in [0.25, 0.3) is 0 Å². The van der Waals surface area contributed by atoms with E-state index in [9.17, 15) is 8.42 Å². The van der Waals surface area contributed by atoms with Crippen molar-refractivity contribution in [3.63, 3.8) is 0 Å². The largest absolute Gasteiger partial charge is 0.492 e. The number of aryl methyl sites for hydroxylation is 1. The molecule has 0 aliphatic rings. The molecule has 0 fully saturated rings. The van der Waals surface area contributed by atoms with Crippen molar-refractivity contribution in [2.45, 2.75) is 38.5 Å². The van der Waals surface area contributed by atoms with Crippen LogP contribution in [0, 0.1) is 6.92 Å². The van der Waals surface area contributed by atoms with Crippen molar-refractivity contribution in [1.82, 2.24) is 0 Å². The number of benzene rings is 2. The molecular weight excluding hydrogens is 390 g/mol. The molecule has 2 aromatic carbocycles. The Bertz CT molecular complexity index is 832. The summed E-state index contributed by atoms with van der Waals surface area (Å²) in [6, 6.07) is 10.8. The van der Waals surface area contributed by atoms with E-state index in [4.69, 9.17) is 4.74 Å². The molecule has 130 valence electrons. The second-order valence-corrected chi connectivity index (χ2v) is 8.39. The highest BCUT2D eigenvalue weighted by molar-refractivity contribution is 9.10. The number of hydrogen-bond acceptors (Lipinski definition) is 3. The van der Waals surface area contributed by atoms with E-state index in [0.717, 1.165) is 11.1 Å². The van der Waals surface area contributed by atoms with Crippen LogP contribution in [0.15, 0.2) is 45.8 Å². The molecule has 2 rings (SSSR count). The van der Waals surface area contributed by atoms with Crippen molar-refractivity contribution in [2.75, 3.05) is 11.3 Å². The molecule has 4 nitrogen and oxygen atoms in total. The number of anilines is 1. The van der Waals surface area contributed by atoms with Gasteiger partial charge in [-0.15, -0.1) is 0 Å². The maximum absolute atomic E-state index is 12.9. The van der Waals surface area contributed by atoms with E-state index in [-0.39, 0.29) is 10.8 Å². The molecule has 0 bridgehead atoms. The summed E-state index contributed by atoms with van der Waals surface area (Å²) in [6.07, 6.45) is 0. The van der Waals surface area contributed by atoms with E-state index in [2.05, 4.69) is 20.7 Å². The van der Waals surface area contributed by atoms with E-state index in [1.807, 2.05) is 45.9 Å². The maximum atomic E-state index is 12.9. The fraction of sp³-hybridized carbons (Fsp3) is 0.333. The van der Waals surface area contributed by atoms with Crippen LogP contribution >= 0.6 is 15.9 Å². The van der Waals surface area contributed by atoms with Gasteiger partial charge in [0.2, 0.25) is 0 Å². The third kappa shape index (κ3) is 4.30. The smallest absolute Gasteiger partial charge is 0.265 e. The van der Waals surface area contributed by atoms with Gasteiger partial charge in [-0.1, -0.05) is 26.0 Å². The molecule has 0 amide bonds. The van der Waals surface area contributed by atoms with Crippen LogP contribution in [0.4, 0.5) is 5.69 Å². The highest BCUT2D eigenvalue weighted by Gasteiger charge is 2.22. The van der Waals surface area contributed by atoms with Crippen molar-refractivity contribution in [2.24, 2.45) is 0 Å². The standard InChI is InChI=1S/C18H22BrNO3S/c1-5-23-17-9-7-14(12(2)3)11-18(17)24(21,22)20-16-8-6-13(4)10-15(16)19/h6-12,20H,5H2,1-4H3. The molecule has 1 N–H and O–H groups in total. The number of ether oxygens (including phenoxy) is 1. The Morgan fingerprint density at radius 3 is 2.46 bits per heavy atom. The Morgan fingerprint density at radius 2 is 1.88 bits per heavy atom. The zero-order valence-corrected chi connectivity index (χ0v) is 16.7. The first-order valence-electron chi connectivity index (χ1n) is 7.80. The summed E-state index contributed by atoms with van der Waals surface area (Å²) >= 11 is 3.40. The average molecular weight is 412 g/mol. The molecule has 0 aliphatic carbocycles. The van der Waals surface area contributed by atoms with Gasteiger partial charge in [0, 0.05) is 4.47 Å². The van der Waals surface area contributed by atoms with Gasteiger partial charge >= 0.3 is 0 Å². The third-order valence-corrected chi connectivity index (χ3v) is 5.64. The molecule has 0 saturated heterocycles. The molecule has 0 heterocycles. The average Bonchev–Trinajstić information content (AvgIpc) is 2.50. The van der Waals surface area contributed by atoms with Crippen LogP contribution in [0.2, 0.25) is 0 Å². The monoisotopic (exact) mass is 411 g/mol. The Morgan fingerprint density at radius 1 is 1.17 bits per heavy atom. The minimum Gasteiger partial charge on any atom is -0.492 e. The van der Waals surface area contributed by atoms with Gasteiger partial charge in [0.1, 0.15) is 10.6 Å². The molecule has 2 aromatic rings. The molecule has 6 heteroatoms. The first-order valence-corrected chi connectivity index (χ1v) is 10.1. The summed E-state index contributed by atoms with van der Waals surface area (Å²) in [7, 11) is -3.76. The van der Waals surface area contributed by atoms with Gasteiger partial charge < -0.3 is 4.74 Å². The zero-order chi connectivity index (χ0) is 17.9. The van der Waals surface area contributed by atoms with Gasteiger partial charge in [-0.25, -0.2) is 8.42 Å². The first-order chi connectivity index (χ1) is 11.2. The summed E-state index contributed by atoms with van der Waals surface area (Å²) < 4.78 is 34.6. The van der Waals surface area contributed by atoms with Gasteiger partial charge in [0.15, 0.2) is 0 Å². The second-order valence-electron chi connectivity index (χ2n) is 5.88. The summed E-state index contributed by atoms with van der Waals surface area (Å²) in [4.78, 5) is 0.156. The lowest BCUT2D eigenvalue weighted by Gasteiger charge is -2.16. The van der Waals surface area contributed by atoms with Crippen molar-refractivity contribution in [3.05, 3.63) is 52.0 Å². The maximum Gasteiger partial charge on any atom is 0.265 e. The number of sulfonamides is 1. The van der Waals surface area contributed by atoms with E-state index in [1.54, 1.807) is 18.2 Å². The van der Waals surface area contributed by atoms with Crippen molar-refractivity contribution >= 4 is 31.6 Å². The van der Waals surface area contributed by atoms with Crippen molar-refractivity contribution < 1.29 is 13.2 Å². The Hall–Kier alpha value is -1.53. The minimum absolute atomic E-state index is 0.156.